The molecule has 0 radical (unpaired) electrons. The van der Waals surface area contributed by atoms with Crippen molar-refractivity contribution in [3.8, 4) is 0 Å². The van der Waals surface area contributed by atoms with Crippen LogP contribution in [0.4, 0.5) is 0 Å². The summed E-state index contributed by atoms with van der Waals surface area (Å²) in [5, 5.41) is 3.64. The van der Waals surface area contributed by atoms with Gasteiger partial charge in [-0.1, -0.05) is 6.92 Å². The van der Waals surface area contributed by atoms with Crippen molar-refractivity contribution in [1.82, 2.24) is 10.2 Å². The standard InChI is InChI=1S/C13H26N2O/c1-11-7-14-13(2,3)10-15(8-11)9-12-5-4-6-16-12/h11-12,14H,4-10H2,1-3H3. The average molecular weight is 226 g/mol. The van der Waals surface area contributed by atoms with Crippen molar-refractivity contribution in [2.24, 2.45) is 5.92 Å². The minimum absolute atomic E-state index is 0.239. The second-order valence-electron chi connectivity index (χ2n) is 6.20. The van der Waals surface area contributed by atoms with Gasteiger partial charge in [0.15, 0.2) is 0 Å². The maximum Gasteiger partial charge on any atom is 0.0702 e. The lowest BCUT2D eigenvalue weighted by atomic mass is 10.1. The summed E-state index contributed by atoms with van der Waals surface area (Å²) in [4.78, 5) is 2.58. The van der Waals surface area contributed by atoms with E-state index in [2.05, 4.69) is 31.0 Å². The van der Waals surface area contributed by atoms with Crippen molar-refractivity contribution in [3.05, 3.63) is 0 Å². The Labute approximate surface area is 99.5 Å². The Kier molecular flexibility index (Phi) is 3.88. The number of nitrogens with one attached hydrogen (secondary N) is 1. The van der Waals surface area contributed by atoms with Gasteiger partial charge in [0.25, 0.3) is 0 Å². The lowest BCUT2D eigenvalue weighted by Crippen LogP contribution is -2.47. The summed E-state index contributed by atoms with van der Waals surface area (Å²) in [7, 11) is 0. The van der Waals surface area contributed by atoms with Crippen LogP contribution < -0.4 is 5.32 Å². The van der Waals surface area contributed by atoms with Gasteiger partial charge < -0.3 is 10.1 Å². The lowest BCUT2D eigenvalue weighted by Gasteiger charge is -2.31. The molecule has 0 aromatic rings. The highest BCUT2D eigenvalue weighted by molar-refractivity contribution is 4.87. The van der Waals surface area contributed by atoms with Crippen LogP contribution in [0.25, 0.3) is 0 Å². The summed E-state index contributed by atoms with van der Waals surface area (Å²) in [5.74, 6) is 0.739. The molecule has 2 fully saturated rings. The molecule has 1 N–H and O–H groups in total. The molecule has 2 rings (SSSR count). The van der Waals surface area contributed by atoms with Crippen LogP contribution in [0, 0.1) is 5.92 Å². The lowest BCUT2D eigenvalue weighted by molar-refractivity contribution is 0.0660. The molecular weight excluding hydrogens is 200 g/mol. The van der Waals surface area contributed by atoms with E-state index in [4.69, 9.17) is 4.74 Å². The minimum Gasteiger partial charge on any atom is -0.377 e. The maximum atomic E-state index is 5.74. The van der Waals surface area contributed by atoms with Crippen LogP contribution in [0.1, 0.15) is 33.6 Å². The van der Waals surface area contributed by atoms with Crippen molar-refractivity contribution >= 4 is 0 Å². The number of ether oxygens (including phenoxy) is 1. The molecule has 0 spiro atoms. The molecule has 2 aliphatic rings. The van der Waals surface area contributed by atoms with Gasteiger partial charge in [-0.2, -0.15) is 0 Å². The fourth-order valence-corrected chi connectivity index (χ4v) is 2.85. The molecule has 3 heteroatoms. The second kappa shape index (κ2) is 5.03. The van der Waals surface area contributed by atoms with Crippen molar-refractivity contribution in [2.45, 2.75) is 45.3 Å². The van der Waals surface area contributed by atoms with Crippen LogP contribution in [0.15, 0.2) is 0 Å². The molecule has 16 heavy (non-hydrogen) atoms. The quantitative estimate of drug-likeness (QED) is 0.772. The van der Waals surface area contributed by atoms with E-state index in [1.165, 1.54) is 19.4 Å². The Morgan fingerprint density at radius 2 is 2.25 bits per heavy atom. The molecule has 0 amide bonds. The first-order chi connectivity index (χ1) is 7.55. The number of nitrogens with zero attached hydrogens (tertiary/aromatic N) is 1. The summed E-state index contributed by atoms with van der Waals surface area (Å²) in [6.07, 6.45) is 2.98. The van der Waals surface area contributed by atoms with Gasteiger partial charge in [-0.15, -0.1) is 0 Å². The van der Waals surface area contributed by atoms with E-state index in [-0.39, 0.29) is 5.54 Å². The third-order valence-electron chi connectivity index (χ3n) is 3.60. The fraction of sp³-hybridized carbons (Fsp3) is 1.00. The zero-order valence-corrected chi connectivity index (χ0v) is 11.0. The summed E-state index contributed by atoms with van der Waals surface area (Å²) >= 11 is 0. The molecule has 2 unspecified atom stereocenters. The van der Waals surface area contributed by atoms with Gasteiger partial charge in [0.1, 0.15) is 0 Å². The molecule has 2 heterocycles. The van der Waals surface area contributed by atoms with Crippen molar-refractivity contribution in [3.63, 3.8) is 0 Å². The van der Waals surface area contributed by atoms with Crippen molar-refractivity contribution < 1.29 is 4.74 Å². The number of hydrogen-bond acceptors (Lipinski definition) is 3. The molecule has 94 valence electrons. The molecule has 2 aliphatic heterocycles. The highest BCUT2D eigenvalue weighted by atomic mass is 16.5. The Bertz CT molecular complexity index is 224. The Morgan fingerprint density at radius 3 is 2.94 bits per heavy atom. The molecule has 2 atom stereocenters. The monoisotopic (exact) mass is 226 g/mol. The highest BCUT2D eigenvalue weighted by Crippen LogP contribution is 2.18. The predicted octanol–water partition coefficient (Wildman–Crippen LogP) is 1.49. The third-order valence-corrected chi connectivity index (χ3v) is 3.60. The van der Waals surface area contributed by atoms with Crippen LogP contribution in [0.3, 0.4) is 0 Å². The van der Waals surface area contributed by atoms with Gasteiger partial charge in [-0.25, -0.2) is 0 Å². The van der Waals surface area contributed by atoms with Gasteiger partial charge >= 0.3 is 0 Å². The van der Waals surface area contributed by atoms with Crippen LogP contribution in [-0.2, 0) is 4.74 Å². The van der Waals surface area contributed by atoms with E-state index >= 15 is 0 Å². The molecule has 0 aliphatic carbocycles. The van der Waals surface area contributed by atoms with E-state index in [1.807, 2.05) is 0 Å². The first kappa shape index (κ1) is 12.3. The third kappa shape index (κ3) is 3.44. The van der Waals surface area contributed by atoms with Gasteiger partial charge in [0.05, 0.1) is 6.10 Å². The SMILES string of the molecule is CC1CNC(C)(C)CN(CC2CCCO2)C1. The van der Waals surface area contributed by atoms with Gasteiger partial charge in [-0.05, 0) is 39.2 Å². The van der Waals surface area contributed by atoms with Crippen LogP contribution in [-0.4, -0.2) is 49.3 Å². The summed E-state index contributed by atoms with van der Waals surface area (Å²) in [5.41, 5.74) is 0.239. The van der Waals surface area contributed by atoms with Crippen LogP contribution in [0.5, 0.6) is 0 Å². The zero-order chi connectivity index (χ0) is 11.6. The van der Waals surface area contributed by atoms with E-state index in [1.54, 1.807) is 0 Å². The first-order valence-corrected chi connectivity index (χ1v) is 6.64. The maximum absolute atomic E-state index is 5.74. The number of rotatable bonds is 2. The van der Waals surface area contributed by atoms with Gasteiger partial charge in [-0.3, -0.25) is 4.90 Å². The van der Waals surface area contributed by atoms with Crippen molar-refractivity contribution in [1.29, 1.82) is 0 Å². The van der Waals surface area contributed by atoms with Crippen molar-refractivity contribution in [2.75, 3.05) is 32.8 Å². The fourth-order valence-electron chi connectivity index (χ4n) is 2.85. The average Bonchev–Trinajstić information content (AvgIpc) is 2.62. The Morgan fingerprint density at radius 1 is 1.44 bits per heavy atom. The van der Waals surface area contributed by atoms with Crippen LogP contribution in [0.2, 0.25) is 0 Å². The van der Waals surface area contributed by atoms with Gasteiger partial charge in [0.2, 0.25) is 0 Å². The summed E-state index contributed by atoms with van der Waals surface area (Å²) < 4.78 is 5.74. The van der Waals surface area contributed by atoms with Gasteiger partial charge in [0, 0.05) is 31.8 Å². The van der Waals surface area contributed by atoms with E-state index in [0.717, 1.165) is 32.2 Å². The summed E-state index contributed by atoms with van der Waals surface area (Å²) in [6.45, 7) is 12.5. The first-order valence-electron chi connectivity index (χ1n) is 6.64. The molecule has 0 aromatic heterocycles. The smallest absolute Gasteiger partial charge is 0.0702 e. The molecule has 3 nitrogen and oxygen atoms in total. The number of hydrogen-bond donors (Lipinski definition) is 1. The second-order valence-corrected chi connectivity index (χ2v) is 6.20. The van der Waals surface area contributed by atoms with E-state index in [9.17, 15) is 0 Å². The van der Waals surface area contributed by atoms with E-state index in [0.29, 0.717) is 6.10 Å². The topological polar surface area (TPSA) is 24.5 Å². The molecular formula is C13H26N2O. The molecule has 0 aromatic carbocycles. The Hall–Kier alpha value is -0.120. The zero-order valence-electron chi connectivity index (χ0n) is 11.0. The summed E-state index contributed by atoms with van der Waals surface area (Å²) in [6, 6.07) is 0. The predicted molar refractivity (Wildman–Crippen MR) is 66.7 cm³/mol. The normalized spacial score (nSPS) is 36.2. The van der Waals surface area contributed by atoms with E-state index < -0.39 is 0 Å². The largest absolute Gasteiger partial charge is 0.377 e. The molecule has 0 saturated carbocycles. The minimum atomic E-state index is 0.239. The highest BCUT2D eigenvalue weighted by Gasteiger charge is 2.29. The Balaban J connectivity index is 1.90. The molecule has 2 saturated heterocycles. The van der Waals surface area contributed by atoms with Crippen LogP contribution >= 0.6 is 0 Å². The molecule has 0 bridgehead atoms.